The smallest absolute Gasteiger partial charge is 0.314 e. The van der Waals surface area contributed by atoms with Crippen LogP contribution in [0, 0.1) is 27.4 Å². The van der Waals surface area contributed by atoms with Gasteiger partial charge in [-0.25, -0.2) is 0 Å². The Hall–Kier alpha value is -1.62. The lowest BCUT2D eigenvalue weighted by Crippen LogP contribution is -2.44. The zero-order chi connectivity index (χ0) is 16.4. The Balaban J connectivity index is 1.76. The molecule has 124 valence electrons. The van der Waals surface area contributed by atoms with Gasteiger partial charge < -0.3 is 10.2 Å². The van der Waals surface area contributed by atoms with E-state index in [0.29, 0.717) is 24.2 Å². The number of hydrogen-bond donors (Lipinski definition) is 2. The minimum Gasteiger partial charge on any atom is -0.502 e. The molecule has 5 nitrogen and oxygen atoms in total. The van der Waals surface area contributed by atoms with Crippen LogP contribution < -0.4 is 0 Å². The Morgan fingerprint density at radius 2 is 2.04 bits per heavy atom. The van der Waals surface area contributed by atoms with E-state index in [1.165, 1.54) is 6.07 Å². The molecule has 1 aromatic rings. The van der Waals surface area contributed by atoms with Gasteiger partial charge in [-0.15, -0.1) is 0 Å². The van der Waals surface area contributed by atoms with Gasteiger partial charge in [0.05, 0.1) is 11.0 Å². The number of nitro groups is 1. The van der Waals surface area contributed by atoms with Gasteiger partial charge in [-0.3, -0.25) is 10.1 Å². The van der Waals surface area contributed by atoms with E-state index in [1.54, 1.807) is 0 Å². The standard InChI is InChI=1S/C18H23NO4/c1-18-9-8-11-10-4-6-15(20)17(19(22)23)13(10)3-2-12(11)14(18)5-7-16(18)21/h4,6,11-12,14,16,20-21H,2-3,5,7-9H2,1H3/t11-,12+,14+,16+,18+/m1/s1. The summed E-state index contributed by atoms with van der Waals surface area (Å²) in [5.74, 6) is 1.13. The molecule has 0 radical (unpaired) electrons. The summed E-state index contributed by atoms with van der Waals surface area (Å²) in [6, 6.07) is 3.37. The van der Waals surface area contributed by atoms with Crippen LogP contribution in [-0.2, 0) is 6.42 Å². The van der Waals surface area contributed by atoms with Gasteiger partial charge in [0.15, 0.2) is 5.75 Å². The molecule has 2 saturated carbocycles. The molecule has 2 fully saturated rings. The van der Waals surface area contributed by atoms with Gasteiger partial charge in [0.25, 0.3) is 0 Å². The van der Waals surface area contributed by atoms with Gasteiger partial charge in [0.2, 0.25) is 0 Å². The number of benzene rings is 1. The monoisotopic (exact) mass is 317 g/mol. The molecular weight excluding hydrogens is 294 g/mol. The molecule has 0 saturated heterocycles. The van der Waals surface area contributed by atoms with Crippen molar-refractivity contribution in [2.75, 3.05) is 0 Å². The van der Waals surface area contributed by atoms with Crippen LogP contribution in [0.2, 0.25) is 0 Å². The summed E-state index contributed by atoms with van der Waals surface area (Å²) < 4.78 is 0. The summed E-state index contributed by atoms with van der Waals surface area (Å²) in [5, 5.41) is 31.6. The molecule has 0 heterocycles. The van der Waals surface area contributed by atoms with Gasteiger partial charge in [-0.2, -0.15) is 0 Å². The predicted molar refractivity (Wildman–Crippen MR) is 85.4 cm³/mol. The zero-order valence-corrected chi connectivity index (χ0v) is 13.4. The van der Waals surface area contributed by atoms with Crippen molar-refractivity contribution in [1.82, 2.24) is 0 Å². The van der Waals surface area contributed by atoms with Gasteiger partial charge in [-0.05, 0) is 73.3 Å². The first-order valence-corrected chi connectivity index (χ1v) is 8.60. The van der Waals surface area contributed by atoms with Crippen LogP contribution in [-0.4, -0.2) is 21.2 Å². The fourth-order valence-corrected chi connectivity index (χ4v) is 5.81. The third-order valence-electron chi connectivity index (χ3n) is 6.99. The minimum absolute atomic E-state index is 0.0154. The first-order valence-electron chi connectivity index (χ1n) is 8.60. The van der Waals surface area contributed by atoms with Crippen molar-refractivity contribution in [2.24, 2.45) is 17.3 Å². The molecular formula is C18H23NO4. The van der Waals surface area contributed by atoms with E-state index in [1.807, 2.05) is 6.07 Å². The lowest BCUT2D eigenvalue weighted by Gasteiger charge is -2.49. The summed E-state index contributed by atoms with van der Waals surface area (Å²) in [7, 11) is 0. The maximum absolute atomic E-state index is 11.3. The number of aliphatic hydroxyl groups is 1. The highest BCUT2D eigenvalue weighted by atomic mass is 16.6. The van der Waals surface area contributed by atoms with Crippen LogP contribution in [0.25, 0.3) is 0 Å². The Morgan fingerprint density at radius 1 is 1.26 bits per heavy atom. The van der Waals surface area contributed by atoms with E-state index < -0.39 is 4.92 Å². The number of nitro benzene ring substituents is 1. The quantitative estimate of drug-likeness (QED) is 0.613. The first-order chi connectivity index (χ1) is 10.9. The number of rotatable bonds is 1. The number of phenols is 1. The lowest BCUT2D eigenvalue weighted by molar-refractivity contribution is -0.386. The van der Waals surface area contributed by atoms with Gasteiger partial charge in [0.1, 0.15) is 0 Å². The van der Waals surface area contributed by atoms with Crippen LogP contribution >= 0.6 is 0 Å². The van der Waals surface area contributed by atoms with Crippen LogP contribution in [0.3, 0.4) is 0 Å². The van der Waals surface area contributed by atoms with E-state index >= 15 is 0 Å². The third-order valence-corrected chi connectivity index (χ3v) is 6.99. The van der Waals surface area contributed by atoms with Crippen molar-refractivity contribution in [1.29, 1.82) is 0 Å². The lowest BCUT2D eigenvalue weighted by atomic mass is 9.55. The van der Waals surface area contributed by atoms with Crippen molar-refractivity contribution in [3.05, 3.63) is 33.4 Å². The van der Waals surface area contributed by atoms with E-state index in [4.69, 9.17) is 0 Å². The van der Waals surface area contributed by atoms with Gasteiger partial charge >= 0.3 is 5.69 Å². The number of nitrogens with zero attached hydrogens (tertiary/aromatic N) is 1. The zero-order valence-electron chi connectivity index (χ0n) is 13.4. The Morgan fingerprint density at radius 3 is 2.78 bits per heavy atom. The van der Waals surface area contributed by atoms with E-state index in [2.05, 4.69) is 6.92 Å². The van der Waals surface area contributed by atoms with Crippen molar-refractivity contribution in [3.63, 3.8) is 0 Å². The Bertz CT molecular complexity index is 673. The van der Waals surface area contributed by atoms with E-state index in [-0.39, 0.29) is 23.0 Å². The fourth-order valence-electron chi connectivity index (χ4n) is 5.81. The first kappa shape index (κ1) is 14.9. The van der Waals surface area contributed by atoms with Gasteiger partial charge in [0, 0.05) is 5.56 Å². The van der Waals surface area contributed by atoms with E-state index in [0.717, 1.165) is 43.2 Å². The fraction of sp³-hybridized carbons (Fsp3) is 0.667. The molecule has 0 bridgehead atoms. The second-order valence-electron chi connectivity index (χ2n) is 7.81. The maximum atomic E-state index is 11.3. The van der Waals surface area contributed by atoms with E-state index in [9.17, 15) is 20.3 Å². The average Bonchev–Trinajstić information content (AvgIpc) is 2.82. The average molecular weight is 317 g/mol. The number of hydrogen-bond acceptors (Lipinski definition) is 4. The molecule has 23 heavy (non-hydrogen) atoms. The SMILES string of the molecule is C[C@]12CC[C@@H]3c4ccc(O)c([N+](=O)[O-])c4CC[C@@H]3[C@@H]1CC[C@@H]2O. The predicted octanol–water partition coefficient (Wildman–Crippen LogP) is 3.52. The van der Waals surface area contributed by atoms with Crippen molar-refractivity contribution < 1.29 is 15.1 Å². The van der Waals surface area contributed by atoms with Crippen molar-refractivity contribution in [2.45, 2.75) is 57.5 Å². The van der Waals surface area contributed by atoms with Gasteiger partial charge in [-0.1, -0.05) is 13.0 Å². The molecule has 5 atom stereocenters. The van der Waals surface area contributed by atoms with Crippen molar-refractivity contribution in [3.8, 4) is 5.75 Å². The Labute approximate surface area is 135 Å². The summed E-state index contributed by atoms with van der Waals surface area (Å²) in [5.41, 5.74) is 1.72. The molecule has 0 aliphatic heterocycles. The highest BCUT2D eigenvalue weighted by Gasteiger charge is 2.54. The van der Waals surface area contributed by atoms with Crippen LogP contribution in [0.5, 0.6) is 5.75 Å². The summed E-state index contributed by atoms with van der Waals surface area (Å²) >= 11 is 0. The highest BCUT2D eigenvalue weighted by Crippen LogP contribution is 2.61. The second-order valence-corrected chi connectivity index (χ2v) is 7.81. The topological polar surface area (TPSA) is 83.6 Å². The molecule has 3 aliphatic carbocycles. The van der Waals surface area contributed by atoms with Crippen LogP contribution in [0.15, 0.2) is 12.1 Å². The number of phenolic OH excluding ortho intramolecular Hbond substituents is 1. The number of aliphatic hydroxyl groups excluding tert-OH is 1. The number of fused-ring (bicyclic) bond motifs is 5. The minimum atomic E-state index is -0.444. The molecule has 3 aliphatic rings. The molecule has 0 amide bonds. The summed E-state index contributed by atoms with van der Waals surface area (Å²) in [6.07, 6.45) is 5.28. The molecule has 1 aromatic carbocycles. The molecule has 4 rings (SSSR count). The summed E-state index contributed by atoms with van der Waals surface area (Å²) in [4.78, 5) is 10.9. The molecule has 0 spiro atoms. The summed E-state index contributed by atoms with van der Waals surface area (Å²) in [6.45, 7) is 2.22. The molecule has 0 aromatic heterocycles. The third kappa shape index (κ3) is 1.95. The van der Waals surface area contributed by atoms with Crippen LogP contribution in [0.4, 0.5) is 5.69 Å². The van der Waals surface area contributed by atoms with Crippen LogP contribution in [0.1, 0.15) is 56.1 Å². The second kappa shape index (κ2) is 4.94. The molecule has 2 N–H and O–H groups in total. The number of aromatic hydroxyl groups is 1. The van der Waals surface area contributed by atoms with Crippen molar-refractivity contribution >= 4 is 5.69 Å². The highest BCUT2D eigenvalue weighted by molar-refractivity contribution is 5.57. The maximum Gasteiger partial charge on any atom is 0.314 e. The molecule has 5 heteroatoms. The Kier molecular flexibility index (Phi) is 3.21. The largest absolute Gasteiger partial charge is 0.502 e. The molecule has 0 unspecified atom stereocenters. The normalized spacial score (nSPS) is 38.5.